The molecular formula is C21H18N4O4. The summed E-state index contributed by atoms with van der Waals surface area (Å²) in [5.74, 6) is -0.291. The van der Waals surface area contributed by atoms with Crippen LogP contribution in [0.3, 0.4) is 0 Å². The number of nitrogens with zero attached hydrogens (tertiary/aromatic N) is 2. The summed E-state index contributed by atoms with van der Waals surface area (Å²) in [6, 6.07) is 12.2. The van der Waals surface area contributed by atoms with E-state index in [0.717, 1.165) is 29.7 Å². The molecule has 4 rings (SSSR count). The predicted molar refractivity (Wildman–Crippen MR) is 102 cm³/mol. The quantitative estimate of drug-likeness (QED) is 0.505. The number of hydrogen-bond donors (Lipinski definition) is 2. The number of nitriles is 1. The topological polar surface area (TPSA) is 127 Å². The minimum atomic E-state index is -0.606. The van der Waals surface area contributed by atoms with Crippen molar-refractivity contribution >= 4 is 5.97 Å². The number of H-pyrrole nitrogens is 1. The number of carbonyl (C=O) groups excluding carboxylic acids is 1. The molecule has 0 spiro atoms. The molecule has 3 heterocycles. The van der Waals surface area contributed by atoms with E-state index >= 15 is 0 Å². The van der Waals surface area contributed by atoms with Crippen LogP contribution >= 0.6 is 0 Å². The molecular weight excluding hydrogens is 372 g/mol. The fourth-order valence-corrected chi connectivity index (χ4v) is 3.39. The number of ether oxygens (including phenoxy) is 2. The number of aryl methyl sites for hydroxylation is 1. The van der Waals surface area contributed by atoms with E-state index in [1.54, 1.807) is 24.3 Å². The van der Waals surface area contributed by atoms with Gasteiger partial charge in [0.2, 0.25) is 17.5 Å². The number of esters is 1. The van der Waals surface area contributed by atoms with Gasteiger partial charge in [0.15, 0.2) is 0 Å². The maximum absolute atomic E-state index is 12.2. The molecule has 3 N–H and O–H groups in total. The van der Waals surface area contributed by atoms with Crippen LogP contribution in [0.1, 0.15) is 46.6 Å². The molecule has 146 valence electrons. The summed E-state index contributed by atoms with van der Waals surface area (Å²) in [5, 5.41) is 16.9. The summed E-state index contributed by atoms with van der Waals surface area (Å²) in [7, 11) is 0. The number of rotatable bonds is 5. The van der Waals surface area contributed by atoms with Crippen molar-refractivity contribution in [2.45, 2.75) is 25.7 Å². The molecule has 1 aliphatic heterocycles. The maximum Gasteiger partial charge on any atom is 0.379 e. The number of allylic oxidation sites excluding steroid dienone is 1. The van der Waals surface area contributed by atoms with Gasteiger partial charge in [0.1, 0.15) is 17.4 Å². The fraction of sp³-hybridized carbons (Fsp3) is 0.190. The van der Waals surface area contributed by atoms with E-state index in [1.165, 1.54) is 12.3 Å². The summed E-state index contributed by atoms with van der Waals surface area (Å²) in [5.41, 5.74) is 8.65. The Bertz CT molecular complexity index is 1120. The van der Waals surface area contributed by atoms with Crippen molar-refractivity contribution in [2.75, 3.05) is 0 Å². The Kier molecular flexibility index (Phi) is 4.79. The Morgan fingerprint density at radius 2 is 2.24 bits per heavy atom. The lowest BCUT2D eigenvalue weighted by molar-refractivity contribution is 0.0701. The first-order valence-electron chi connectivity index (χ1n) is 9.12. The first-order chi connectivity index (χ1) is 14.1. The molecule has 0 bridgehead atoms. The maximum atomic E-state index is 12.2. The Morgan fingerprint density at radius 1 is 1.38 bits per heavy atom. The third-order valence-electron chi connectivity index (χ3n) is 4.64. The van der Waals surface area contributed by atoms with Crippen molar-refractivity contribution in [3.63, 3.8) is 0 Å². The van der Waals surface area contributed by atoms with Crippen LogP contribution in [0, 0.1) is 11.3 Å². The average Bonchev–Trinajstić information content (AvgIpc) is 3.38. The number of benzene rings is 1. The Balaban J connectivity index is 1.74. The summed E-state index contributed by atoms with van der Waals surface area (Å²) in [6.07, 6.45) is 3.04. The van der Waals surface area contributed by atoms with Gasteiger partial charge in [-0.05, 0) is 36.2 Å². The standard InChI is InChI=1S/C21H18N4O4/c1-2-5-15-18-17(14(11-22)19(23)29-20(18)25-24-15)12-6-3-7-13(10-12)28-21(26)16-8-4-9-27-16/h3-4,6-10,17H,2,5,23H2,1H3,(H,24,25)/t17-/m0/s1. The highest BCUT2D eigenvalue weighted by molar-refractivity contribution is 5.88. The van der Waals surface area contributed by atoms with Gasteiger partial charge in [0.05, 0.1) is 12.2 Å². The van der Waals surface area contributed by atoms with E-state index in [2.05, 4.69) is 23.2 Å². The number of nitrogens with one attached hydrogen (secondary N) is 1. The Hall–Kier alpha value is -3.99. The largest absolute Gasteiger partial charge is 0.457 e. The van der Waals surface area contributed by atoms with Gasteiger partial charge in [0.25, 0.3) is 0 Å². The molecule has 3 aromatic rings. The first-order valence-corrected chi connectivity index (χ1v) is 9.12. The summed E-state index contributed by atoms with van der Waals surface area (Å²) >= 11 is 0. The van der Waals surface area contributed by atoms with Crippen LogP contribution in [-0.2, 0) is 6.42 Å². The third-order valence-corrected chi connectivity index (χ3v) is 4.64. The normalized spacial score (nSPS) is 15.4. The van der Waals surface area contributed by atoms with Crippen LogP contribution in [0.4, 0.5) is 0 Å². The van der Waals surface area contributed by atoms with Crippen molar-refractivity contribution in [2.24, 2.45) is 5.73 Å². The lowest BCUT2D eigenvalue weighted by atomic mass is 9.83. The Labute approximate surface area is 166 Å². The number of furan rings is 1. The molecule has 0 saturated heterocycles. The van der Waals surface area contributed by atoms with Crippen molar-refractivity contribution < 1.29 is 18.7 Å². The average molecular weight is 390 g/mol. The molecule has 1 atom stereocenters. The van der Waals surface area contributed by atoms with E-state index in [1.807, 2.05) is 6.07 Å². The second-order valence-corrected chi connectivity index (χ2v) is 6.54. The highest BCUT2D eigenvalue weighted by atomic mass is 16.5. The lowest BCUT2D eigenvalue weighted by Crippen LogP contribution is -2.21. The summed E-state index contributed by atoms with van der Waals surface area (Å²) in [4.78, 5) is 12.2. The summed E-state index contributed by atoms with van der Waals surface area (Å²) in [6.45, 7) is 2.05. The SMILES string of the molecule is CCCc1[nH]nc2c1[C@@H](c1cccc(OC(=O)c3ccco3)c1)C(C#N)=C(N)O2. The molecule has 1 aliphatic rings. The van der Waals surface area contributed by atoms with E-state index in [4.69, 9.17) is 19.6 Å². The van der Waals surface area contributed by atoms with Gasteiger partial charge in [-0.2, -0.15) is 5.26 Å². The van der Waals surface area contributed by atoms with Crippen LogP contribution in [0.5, 0.6) is 11.6 Å². The van der Waals surface area contributed by atoms with Crippen LogP contribution in [-0.4, -0.2) is 16.2 Å². The Morgan fingerprint density at radius 3 is 2.97 bits per heavy atom. The van der Waals surface area contributed by atoms with Crippen LogP contribution in [0.15, 0.2) is 58.5 Å². The molecule has 29 heavy (non-hydrogen) atoms. The molecule has 0 saturated carbocycles. The molecule has 8 heteroatoms. The zero-order valence-electron chi connectivity index (χ0n) is 15.6. The minimum Gasteiger partial charge on any atom is -0.457 e. The minimum absolute atomic E-state index is 0.0116. The van der Waals surface area contributed by atoms with E-state index in [0.29, 0.717) is 11.6 Å². The van der Waals surface area contributed by atoms with Crippen molar-refractivity contribution in [1.29, 1.82) is 5.26 Å². The van der Waals surface area contributed by atoms with Crippen molar-refractivity contribution in [3.8, 4) is 17.7 Å². The zero-order chi connectivity index (χ0) is 20.4. The van der Waals surface area contributed by atoms with Crippen LogP contribution in [0.2, 0.25) is 0 Å². The molecule has 8 nitrogen and oxygen atoms in total. The van der Waals surface area contributed by atoms with Crippen LogP contribution < -0.4 is 15.2 Å². The van der Waals surface area contributed by atoms with Crippen molar-refractivity contribution in [1.82, 2.24) is 10.2 Å². The molecule has 0 unspecified atom stereocenters. The van der Waals surface area contributed by atoms with Gasteiger partial charge >= 0.3 is 5.97 Å². The van der Waals surface area contributed by atoms with E-state index < -0.39 is 11.9 Å². The number of hydrogen-bond acceptors (Lipinski definition) is 7. The highest BCUT2D eigenvalue weighted by Crippen LogP contribution is 2.43. The fourth-order valence-electron chi connectivity index (χ4n) is 3.39. The number of aromatic nitrogens is 2. The molecule has 1 aromatic carbocycles. The highest BCUT2D eigenvalue weighted by Gasteiger charge is 2.35. The second kappa shape index (κ2) is 7.56. The lowest BCUT2D eigenvalue weighted by Gasteiger charge is -2.24. The smallest absolute Gasteiger partial charge is 0.379 e. The molecule has 0 radical (unpaired) electrons. The molecule has 0 amide bonds. The molecule has 0 aliphatic carbocycles. The van der Waals surface area contributed by atoms with Crippen LogP contribution in [0.25, 0.3) is 0 Å². The second-order valence-electron chi connectivity index (χ2n) is 6.54. The molecule has 2 aromatic heterocycles. The third kappa shape index (κ3) is 3.34. The van der Waals surface area contributed by atoms with E-state index in [9.17, 15) is 10.1 Å². The zero-order valence-corrected chi connectivity index (χ0v) is 15.6. The molecule has 0 fully saturated rings. The first kappa shape index (κ1) is 18.4. The van der Waals surface area contributed by atoms with Gasteiger partial charge in [-0.3, -0.25) is 5.10 Å². The number of fused-ring (bicyclic) bond motifs is 1. The number of aromatic amines is 1. The van der Waals surface area contributed by atoms with Gasteiger partial charge in [-0.15, -0.1) is 5.10 Å². The number of carbonyl (C=O) groups is 1. The summed E-state index contributed by atoms with van der Waals surface area (Å²) < 4.78 is 16.0. The predicted octanol–water partition coefficient (Wildman–Crippen LogP) is 3.39. The van der Waals surface area contributed by atoms with E-state index in [-0.39, 0.29) is 17.2 Å². The van der Waals surface area contributed by atoms with Gasteiger partial charge in [-0.25, -0.2) is 4.79 Å². The number of nitrogens with two attached hydrogens (primary N) is 1. The van der Waals surface area contributed by atoms with Crippen molar-refractivity contribution in [3.05, 3.63) is 76.7 Å². The monoisotopic (exact) mass is 390 g/mol. The van der Waals surface area contributed by atoms with Gasteiger partial charge in [-0.1, -0.05) is 25.5 Å². The van der Waals surface area contributed by atoms with Gasteiger partial charge in [0, 0.05) is 11.3 Å². The van der Waals surface area contributed by atoms with Gasteiger partial charge < -0.3 is 19.6 Å².